The van der Waals surface area contributed by atoms with E-state index in [1.54, 1.807) is 13.0 Å². The van der Waals surface area contributed by atoms with Crippen LogP contribution < -0.4 is 10.1 Å². The molecule has 1 saturated heterocycles. The van der Waals surface area contributed by atoms with Crippen molar-refractivity contribution < 1.29 is 14.3 Å². The molecule has 0 amide bonds. The lowest BCUT2D eigenvalue weighted by Crippen LogP contribution is -2.34. The van der Waals surface area contributed by atoms with Gasteiger partial charge in [0.2, 0.25) is 11.7 Å². The number of methoxy groups -OCH3 is 1. The first-order valence-corrected chi connectivity index (χ1v) is 6.00. The number of rotatable bonds is 3. The van der Waals surface area contributed by atoms with Gasteiger partial charge in [-0.2, -0.15) is 4.98 Å². The molecule has 6 nitrogen and oxygen atoms in total. The van der Waals surface area contributed by atoms with Gasteiger partial charge in [-0.25, -0.2) is 9.78 Å². The van der Waals surface area contributed by atoms with Gasteiger partial charge in [-0.05, 0) is 32.9 Å². The molecule has 1 fully saturated rings. The van der Waals surface area contributed by atoms with E-state index in [2.05, 4.69) is 20.0 Å². The Morgan fingerprint density at radius 2 is 2.11 bits per heavy atom. The zero-order valence-corrected chi connectivity index (χ0v) is 10.6. The Kier molecular flexibility index (Phi) is 4.09. The number of esters is 1. The molecule has 1 aliphatic heterocycles. The van der Waals surface area contributed by atoms with Crippen LogP contribution in [0, 0.1) is 6.92 Å². The first-order chi connectivity index (χ1) is 8.69. The number of nitrogens with one attached hydrogen (secondary N) is 1. The van der Waals surface area contributed by atoms with Crippen LogP contribution in [0.3, 0.4) is 0 Å². The summed E-state index contributed by atoms with van der Waals surface area (Å²) in [6, 6.07) is 1.73. The molecule has 0 unspecified atom stereocenters. The number of carbonyl (C=O) groups is 1. The number of nitrogens with zero attached hydrogens (tertiary/aromatic N) is 2. The molecule has 1 aromatic rings. The average Bonchev–Trinajstić information content (AvgIpc) is 2.38. The Morgan fingerprint density at radius 3 is 2.78 bits per heavy atom. The average molecular weight is 251 g/mol. The predicted molar refractivity (Wildman–Crippen MR) is 64.6 cm³/mol. The number of hydrogen-bond acceptors (Lipinski definition) is 6. The van der Waals surface area contributed by atoms with Crippen molar-refractivity contribution in [2.45, 2.75) is 25.9 Å². The fraction of sp³-hybridized carbons (Fsp3) is 0.583. The summed E-state index contributed by atoms with van der Waals surface area (Å²) in [5.74, 6) is -0.0647. The summed E-state index contributed by atoms with van der Waals surface area (Å²) in [7, 11) is 1.31. The molecule has 0 bridgehead atoms. The summed E-state index contributed by atoms with van der Waals surface area (Å²) < 4.78 is 10.4. The van der Waals surface area contributed by atoms with E-state index in [1.165, 1.54) is 7.11 Å². The fourth-order valence-corrected chi connectivity index (χ4v) is 1.87. The Hall–Kier alpha value is -1.69. The number of piperidine rings is 1. The number of ether oxygens (including phenoxy) is 2. The van der Waals surface area contributed by atoms with Crippen molar-refractivity contribution in [3.8, 4) is 5.88 Å². The van der Waals surface area contributed by atoms with E-state index >= 15 is 0 Å². The molecule has 0 spiro atoms. The maximum absolute atomic E-state index is 11.4. The van der Waals surface area contributed by atoms with E-state index in [1.807, 2.05) is 0 Å². The maximum Gasteiger partial charge on any atom is 0.376 e. The van der Waals surface area contributed by atoms with E-state index in [0.29, 0.717) is 11.6 Å². The lowest BCUT2D eigenvalue weighted by Gasteiger charge is -2.23. The highest BCUT2D eigenvalue weighted by Crippen LogP contribution is 2.15. The van der Waals surface area contributed by atoms with Crippen molar-refractivity contribution >= 4 is 5.97 Å². The second-order valence-corrected chi connectivity index (χ2v) is 4.23. The van der Waals surface area contributed by atoms with Gasteiger partial charge in [0.25, 0.3) is 0 Å². The van der Waals surface area contributed by atoms with Crippen LogP contribution >= 0.6 is 0 Å². The van der Waals surface area contributed by atoms with Crippen LogP contribution in [0.5, 0.6) is 5.88 Å². The SMILES string of the molecule is COC(=O)c1nc(C)cc(OC2CCNCC2)n1. The van der Waals surface area contributed by atoms with Crippen molar-refractivity contribution in [2.75, 3.05) is 20.2 Å². The minimum Gasteiger partial charge on any atom is -0.474 e. The second kappa shape index (κ2) is 5.77. The largest absolute Gasteiger partial charge is 0.474 e. The maximum atomic E-state index is 11.4. The van der Waals surface area contributed by atoms with Crippen molar-refractivity contribution in [1.29, 1.82) is 0 Å². The highest BCUT2D eigenvalue weighted by atomic mass is 16.5. The monoisotopic (exact) mass is 251 g/mol. The lowest BCUT2D eigenvalue weighted by molar-refractivity contribution is 0.0583. The van der Waals surface area contributed by atoms with Gasteiger partial charge < -0.3 is 14.8 Å². The minimum absolute atomic E-state index is 0.0430. The smallest absolute Gasteiger partial charge is 0.376 e. The minimum atomic E-state index is -0.547. The zero-order valence-electron chi connectivity index (χ0n) is 10.6. The summed E-state index contributed by atoms with van der Waals surface area (Å²) in [6.45, 7) is 3.68. The highest BCUT2D eigenvalue weighted by molar-refractivity contribution is 5.85. The van der Waals surface area contributed by atoms with Crippen LogP contribution in [-0.2, 0) is 4.74 Å². The van der Waals surface area contributed by atoms with Gasteiger partial charge in [-0.1, -0.05) is 0 Å². The van der Waals surface area contributed by atoms with E-state index < -0.39 is 5.97 Å². The van der Waals surface area contributed by atoms with Crippen LogP contribution in [0.1, 0.15) is 29.2 Å². The van der Waals surface area contributed by atoms with Gasteiger partial charge in [0, 0.05) is 11.8 Å². The van der Waals surface area contributed by atoms with Gasteiger partial charge in [-0.15, -0.1) is 0 Å². The Morgan fingerprint density at radius 1 is 1.39 bits per heavy atom. The van der Waals surface area contributed by atoms with E-state index in [4.69, 9.17) is 4.74 Å². The molecule has 0 aliphatic carbocycles. The normalized spacial score (nSPS) is 16.3. The molecule has 2 rings (SSSR count). The second-order valence-electron chi connectivity index (χ2n) is 4.23. The van der Waals surface area contributed by atoms with Crippen molar-refractivity contribution in [1.82, 2.24) is 15.3 Å². The molecule has 0 radical (unpaired) electrons. The summed E-state index contributed by atoms with van der Waals surface area (Å²) in [5.41, 5.74) is 0.689. The van der Waals surface area contributed by atoms with Crippen LogP contribution in [0.2, 0.25) is 0 Å². The molecule has 1 aliphatic rings. The summed E-state index contributed by atoms with van der Waals surface area (Å²) in [6.07, 6.45) is 2.03. The number of hydrogen-bond donors (Lipinski definition) is 1. The van der Waals surface area contributed by atoms with Gasteiger partial charge in [-0.3, -0.25) is 0 Å². The van der Waals surface area contributed by atoms with E-state index in [0.717, 1.165) is 25.9 Å². The highest BCUT2D eigenvalue weighted by Gasteiger charge is 2.17. The van der Waals surface area contributed by atoms with Crippen molar-refractivity contribution in [2.24, 2.45) is 0 Å². The topological polar surface area (TPSA) is 73.3 Å². The van der Waals surface area contributed by atoms with Crippen LogP contribution in [0.15, 0.2) is 6.07 Å². The predicted octanol–water partition coefficient (Wildman–Crippen LogP) is 0.702. The molecule has 0 saturated carbocycles. The molecule has 1 N–H and O–H groups in total. The van der Waals surface area contributed by atoms with Crippen LogP contribution in [-0.4, -0.2) is 42.2 Å². The Bertz CT molecular complexity index is 431. The molecule has 0 aromatic carbocycles. The van der Waals surface area contributed by atoms with Gasteiger partial charge >= 0.3 is 5.97 Å². The summed E-state index contributed by atoms with van der Waals surface area (Å²) >= 11 is 0. The molecule has 0 atom stereocenters. The number of aryl methyl sites for hydroxylation is 1. The van der Waals surface area contributed by atoms with Gasteiger partial charge in [0.15, 0.2) is 0 Å². The summed E-state index contributed by atoms with van der Waals surface area (Å²) in [4.78, 5) is 19.5. The summed E-state index contributed by atoms with van der Waals surface area (Å²) in [5, 5.41) is 3.26. The Balaban J connectivity index is 2.11. The number of aromatic nitrogens is 2. The van der Waals surface area contributed by atoms with Crippen molar-refractivity contribution in [3.63, 3.8) is 0 Å². The molecule has 6 heteroatoms. The lowest BCUT2D eigenvalue weighted by atomic mass is 10.1. The quantitative estimate of drug-likeness (QED) is 0.797. The van der Waals surface area contributed by atoms with E-state index in [9.17, 15) is 4.79 Å². The number of carbonyl (C=O) groups excluding carboxylic acids is 1. The molecule has 18 heavy (non-hydrogen) atoms. The molecule has 98 valence electrons. The molecule has 1 aromatic heterocycles. The first kappa shape index (κ1) is 12.8. The molecular weight excluding hydrogens is 234 g/mol. The van der Waals surface area contributed by atoms with Gasteiger partial charge in [0.05, 0.1) is 7.11 Å². The third-order valence-corrected chi connectivity index (χ3v) is 2.77. The van der Waals surface area contributed by atoms with Crippen LogP contribution in [0.4, 0.5) is 0 Å². The van der Waals surface area contributed by atoms with Crippen molar-refractivity contribution in [3.05, 3.63) is 17.6 Å². The third-order valence-electron chi connectivity index (χ3n) is 2.77. The zero-order chi connectivity index (χ0) is 13.0. The van der Waals surface area contributed by atoms with E-state index in [-0.39, 0.29) is 11.9 Å². The fourth-order valence-electron chi connectivity index (χ4n) is 1.87. The molecular formula is C12H17N3O3. The third kappa shape index (κ3) is 3.16. The van der Waals surface area contributed by atoms with Gasteiger partial charge in [0.1, 0.15) is 6.10 Å². The first-order valence-electron chi connectivity index (χ1n) is 6.00. The molecule has 2 heterocycles. The Labute approximate surface area is 106 Å². The standard InChI is InChI=1S/C12H17N3O3/c1-8-7-10(15-11(14-8)12(16)17-2)18-9-3-5-13-6-4-9/h7,9,13H,3-6H2,1-2H3. The van der Waals surface area contributed by atoms with Crippen LogP contribution in [0.25, 0.3) is 0 Å².